The van der Waals surface area contributed by atoms with Crippen LogP contribution in [0.25, 0.3) is 0 Å². The summed E-state index contributed by atoms with van der Waals surface area (Å²) in [4.78, 5) is 22.9. The van der Waals surface area contributed by atoms with Gasteiger partial charge in [0.1, 0.15) is 0 Å². The van der Waals surface area contributed by atoms with Crippen molar-refractivity contribution in [2.45, 2.75) is 32.1 Å². The zero-order valence-electron chi connectivity index (χ0n) is 14.0. The van der Waals surface area contributed by atoms with Crippen LogP contribution in [0.4, 0.5) is 0 Å². The molecule has 4 nitrogen and oxygen atoms in total. The Hall–Kier alpha value is -2.04. The normalized spacial score (nSPS) is 11.3. The molecule has 0 spiro atoms. The number of carbonyl (C=O) groups excluding carboxylic acids is 2. The van der Waals surface area contributed by atoms with Gasteiger partial charge in [-0.15, -0.1) is 0 Å². The van der Waals surface area contributed by atoms with E-state index in [-0.39, 0.29) is 32.1 Å². The summed E-state index contributed by atoms with van der Waals surface area (Å²) in [5.74, 6) is -2.47. The zero-order valence-corrected chi connectivity index (χ0v) is 15.6. The molecule has 0 unspecified atom stereocenters. The Morgan fingerprint density at radius 3 is 1.69 bits per heavy atom. The molecule has 138 valence electrons. The number of carbonyl (C=O) groups is 2. The molecular formula is C20H18Cl2O4-2. The van der Waals surface area contributed by atoms with Crippen LogP contribution >= 0.6 is 23.2 Å². The highest BCUT2D eigenvalue weighted by Crippen LogP contribution is 2.36. The number of rotatable bonds is 9. The lowest BCUT2D eigenvalue weighted by atomic mass is 9.73. The smallest absolute Gasteiger partial charge is 0.0482 e. The molecule has 0 saturated heterocycles. The van der Waals surface area contributed by atoms with Gasteiger partial charge in [-0.25, -0.2) is 0 Å². The van der Waals surface area contributed by atoms with E-state index in [2.05, 4.69) is 0 Å². The number of carboxylic acids is 2. The largest absolute Gasteiger partial charge is 0.550 e. The molecule has 0 bridgehead atoms. The van der Waals surface area contributed by atoms with E-state index in [0.717, 1.165) is 0 Å². The van der Waals surface area contributed by atoms with Crippen LogP contribution in [0.5, 0.6) is 0 Å². The maximum Gasteiger partial charge on any atom is 0.0482 e. The molecule has 0 amide bonds. The van der Waals surface area contributed by atoms with Gasteiger partial charge in [-0.3, -0.25) is 0 Å². The monoisotopic (exact) mass is 392 g/mol. The topological polar surface area (TPSA) is 80.3 Å². The van der Waals surface area contributed by atoms with Gasteiger partial charge < -0.3 is 19.8 Å². The quantitative estimate of drug-likeness (QED) is 0.656. The van der Waals surface area contributed by atoms with Gasteiger partial charge in [-0.05, 0) is 55.4 Å². The number of hydrogen-bond donors (Lipinski definition) is 0. The second kappa shape index (κ2) is 9.06. The van der Waals surface area contributed by atoms with Gasteiger partial charge in [0.2, 0.25) is 0 Å². The first-order valence-electron chi connectivity index (χ1n) is 8.22. The van der Waals surface area contributed by atoms with Gasteiger partial charge in [0, 0.05) is 27.4 Å². The van der Waals surface area contributed by atoms with Crippen molar-refractivity contribution in [1.29, 1.82) is 0 Å². The van der Waals surface area contributed by atoms with E-state index in [4.69, 9.17) is 23.2 Å². The van der Waals surface area contributed by atoms with E-state index in [1.807, 2.05) is 0 Å². The molecule has 0 atom stereocenters. The molecular weight excluding hydrogens is 375 g/mol. The van der Waals surface area contributed by atoms with Crippen molar-refractivity contribution >= 4 is 35.1 Å². The molecule has 0 heterocycles. The molecule has 0 fully saturated rings. The molecule has 0 aliphatic rings. The van der Waals surface area contributed by atoms with Gasteiger partial charge in [-0.1, -0.05) is 59.6 Å². The van der Waals surface area contributed by atoms with Crippen LogP contribution in [-0.2, 0) is 22.4 Å². The minimum atomic E-state index is -1.33. The lowest BCUT2D eigenvalue weighted by Crippen LogP contribution is -2.46. The van der Waals surface area contributed by atoms with Crippen LogP contribution in [0.1, 0.15) is 30.4 Å². The maximum atomic E-state index is 12.2. The highest BCUT2D eigenvalue weighted by atomic mass is 35.5. The first-order valence-corrected chi connectivity index (χ1v) is 8.98. The van der Waals surface area contributed by atoms with Crippen LogP contribution in [0, 0.1) is 5.41 Å². The van der Waals surface area contributed by atoms with Gasteiger partial charge >= 0.3 is 0 Å². The highest BCUT2D eigenvalue weighted by molar-refractivity contribution is 6.31. The number of hydrogen-bond acceptors (Lipinski definition) is 4. The average Bonchev–Trinajstić information content (AvgIpc) is 2.58. The predicted molar refractivity (Wildman–Crippen MR) is 96.6 cm³/mol. The van der Waals surface area contributed by atoms with Crippen molar-refractivity contribution in [2.75, 3.05) is 0 Å². The SMILES string of the molecule is O=C([O-])CCCC(Cc1ccccc1Cl)(Cc1ccccc1Cl)C(=O)[O-]. The number of benzene rings is 2. The summed E-state index contributed by atoms with van der Waals surface area (Å²) >= 11 is 12.4. The van der Waals surface area contributed by atoms with Crippen LogP contribution in [0.15, 0.2) is 48.5 Å². The van der Waals surface area contributed by atoms with E-state index in [0.29, 0.717) is 21.2 Å². The molecule has 2 aromatic carbocycles. The summed E-state index contributed by atoms with van der Waals surface area (Å²) < 4.78 is 0. The third-order valence-electron chi connectivity index (χ3n) is 4.44. The first kappa shape index (κ1) is 20.3. The van der Waals surface area contributed by atoms with Crippen molar-refractivity contribution in [2.24, 2.45) is 5.41 Å². The van der Waals surface area contributed by atoms with E-state index >= 15 is 0 Å². The Balaban J connectivity index is 2.39. The summed E-state index contributed by atoms with van der Waals surface area (Å²) in [7, 11) is 0. The van der Waals surface area contributed by atoms with Crippen molar-refractivity contribution < 1.29 is 19.8 Å². The fraction of sp³-hybridized carbons (Fsp3) is 0.300. The third kappa shape index (κ3) is 5.23. The van der Waals surface area contributed by atoms with Crippen molar-refractivity contribution in [3.05, 3.63) is 69.7 Å². The van der Waals surface area contributed by atoms with Gasteiger partial charge in [-0.2, -0.15) is 0 Å². The van der Waals surface area contributed by atoms with Crippen molar-refractivity contribution in [3.8, 4) is 0 Å². The van der Waals surface area contributed by atoms with Gasteiger partial charge in [0.25, 0.3) is 0 Å². The Bertz CT molecular complexity index is 741. The molecule has 0 N–H and O–H groups in total. The summed E-state index contributed by atoms with van der Waals surface area (Å²) in [5.41, 5.74) is 0.00330. The van der Waals surface area contributed by atoms with Crippen molar-refractivity contribution in [3.63, 3.8) is 0 Å². The molecule has 0 aromatic heterocycles. The van der Waals surface area contributed by atoms with Crippen LogP contribution in [-0.4, -0.2) is 11.9 Å². The summed E-state index contributed by atoms with van der Waals surface area (Å²) in [6, 6.07) is 14.0. The first-order chi connectivity index (χ1) is 12.3. The lowest BCUT2D eigenvalue weighted by Gasteiger charge is -2.36. The number of aliphatic carboxylic acids is 2. The van der Waals surface area contributed by atoms with E-state index in [9.17, 15) is 19.8 Å². The molecule has 26 heavy (non-hydrogen) atoms. The molecule has 0 aliphatic heterocycles. The Morgan fingerprint density at radius 1 is 0.846 bits per heavy atom. The molecule has 0 saturated carbocycles. The molecule has 2 rings (SSSR count). The van der Waals surface area contributed by atoms with Crippen LogP contribution in [0.3, 0.4) is 0 Å². The van der Waals surface area contributed by atoms with Crippen molar-refractivity contribution in [1.82, 2.24) is 0 Å². The second-order valence-electron chi connectivity index (χ2n) is 6.33. The molecule has 0 radical (unpaired) electrons. The standard InChI is InChI=1S/C20H20Cl2O4/c21-16-8-3-1-6-14(16)12-20(19(25)26,11-5-10-18(23)24)13-15-7-2-4-9-17(15)22/h1-4,6-9H,5,10-13H2,(H,23,24)(H,25,26)/p-2. The highest BCUT2D eigenvalue weighted by Gasteiger charge is 2.33. The Labute approximate surface area is 162 Å². The predicted octanol–water partition coefficient (Wildman–Crippen LogP) is 2.44. The third-order valence-corrected chi connectivity index (χ3v) is 5.18. The van der Waals surface area contributed by atoms with Crippen LogP contribution < -0.4 is 10.2 Å². The minimum Gasteiger partial charge on any atom is -0.550 e. The maximum absolute atomic E-state index is 12.2. The second-order valence-corrected chi connectivity index (χ2v) is 7.14. The molecule has 2 aromatic rings. The lowest BCUT2D eigenvalue weighted by molar-refractivity contribution is -0.320. The Morgan fingerprint density at radius 2 is 1.31 bits per heavy atom. The summed E-state index contributed by atoms with van der Waals surface area (Å²) in [6.07, 6.45) is 0.283. The minimum absolute atomic E-state index is 0.111. The fourth-order valence-corrected chi connectivity index (χ4v) is 3.47. The zero-order chi connectivity index (χ0) is 19.2. The van der Waals surface area contributed by atoms with Gasteiger partial charge in [0.05, 0.1) is 0 Å². The van der Waals surface area contributed by atoms with E-state index in [1.165, 1.54) is 0 Å². The van der Waals surface area contributed by atoms with E-state index < -0.39 is 17.4 Å². The molecule has 0 aliphatic carbocycles. The summed E-state index contributed by atoms with van der Waals surface area (Å²) in [5, 5.41) is 23.8. The number of halogens is 2. The summed E-state index contributed by atoms with van der Waals surface area (Å²) in [6.45, 7) is 0. The van der Waals surface area contributed by atoms with Crippen LogP contribution in [0.2, 0.25) is 10.0 Å². The fourth-order valence-electron chi connectivity index (χ4n) is 3.07. The van der Waals surface area contributed by atoms with E-state index in [1.54, 1.807) is 48.5 Å². The molecule has 6 heteroatoms. The Kier molecular flexibility index (Phi) is 7.06. The number of carboxylic acid groups (broad SMARTS) is 2. The average molecular weight is 393 g/mol. The van der Waals surface area contributed by atoms with Gasteiger partial charge in [0.15, 0.2) is 0 Å².